The van der Waals surface area contributed by atoms with Crippen molar-refractivity contribution < 1.29 is 18.9 Å². The number of nitro groups is 1. The molecule has 2 aromatic carbocycles. The summed E-state index contributed by atoms with van der Waals surface area (Å²) in [6.45, 7) is 0.0312. The number of rotatable bonds is 4. The zero-order chi connectivity index (χ0) is 18.0. The van der Waals surface area contributed by atoms with E-state index in [-0.39, 0.29) is 23.0 Å². The molecule has 126 valence electrons. The third-order valence-electron chi connectivity index (χ3n) is 3.53. The first-order chi connectivity index (χ1) is 11.9. The summed E-state index contributed by atoms with van der Waals surface area (Å²) in [5.41, 5.74) is 1.16. The molecule has 0 atom stereocenters. The van der Waals surface area contributed by atoms with Crippen molar-refractivity contribution in [1.29, 1.82) is 0 Å². The van der Waals surface area contributed by atoms with Crippen LogP contribution >= 0.6 is 11.8 Å². The van der Waals surface area contributed by atoms with Gasteiger partial charge in [0.25, 0.3) is 16.8 Å². The van der Waals surface area contributed by atoms with E-state index >= 15 is 0 Å². The molecule has 6 nitrogen and oxygen atoms in total. The molecule has 0 aliphatic carbocycles. The fraction of sp³-hybridized carbons (Fsp3) is 0.0588. The van der Waals surface area contributed by atoms with Gasteiger partial charge in [-0.2, -0.15) is 0 Å². The van der Waals surface area contributed by atoms with E-state index in [9.17, 15) is 24.1 Å². The first kappa shape index (κ1) is 16.8. The Morgan fingerprint density at radius 1 is 1.08 bits per heavy atom. The van der Waals surface area contributed by atoms with Crippen molar-refractivity contribution in [3.05, 3.63) is 80.5 Å². The van der Waals surface area contributed by atoms with E-state index in [1.807, 2.05) is 0 Å². The summed E-state index contributed by atoms with van der Waals surface area (Å²) >= 11 is 0.805. The van der Waals surface area contributed by atoms with E-state index in [1.54, 1.807) is 0 Å². The van der Waals surface area contributed by atoms with Gasteiger partial charge in [-0.15, -0.1) is 0 Å². The van der Waals surface area contributed by atoms with Crippen molar-refractivity contribution in [3.8, 4) is 0 Å². The number of benzene rings is 2. The lowest BCUT2D eigenvalue weighted by Crippen LogP contribution is -2.27. The second-order valence-electron chi connectivity index (χ2n) is 5.24. The largest absolute Gasteiger partial charge is 0.293 e. The highest BCUT2D eigenvalue weighted by atomic mass is 32.2. The number of halogens is 1. The first-order valence-electron chi connectivity index (χ1n) is 7.18. The topological polar surface area (TPSA) is 80.5 Å². The van der Waals surface area contributed by atoms with Crippen LogP contribution in [0.25, 0.3) is 6.08 Å². The van der Waals surface area contributed by atoms with Crippen molar-refractivity contribution in [2.45, 2.75) is 6.54 Å². The molecule has 1 heterocycles. The minimum absolute atomic E-state index is 0.0312. The minimum atomic E-state index is -0.519. The number of thioether (sulfide) groups is 1. The van der Waals surface area contributed by atoms with Crippen LogP contribution in [0.3, 0.4) is 0 Å². The lowest BCUT2D eigenvalue weighted by atomic mass is 10.2. The second-order valence-corrected chi connectivity index (χ2v) is 6.24. The highest BCUT2D eigenvalue weighted by molar-refractivity contribution is 8.18. The third-order valence-corrected chi connectivity index (χ3v) is 4.44. The number of carbonyl (C=O) groups excluding carboxylic acids is 2. The summed E-state index contributed by atoms with van der Waals surface area (Å²) in [6, 6.07) is 11.2. The zero-order valence-corrected chi connectivity index (χ0v) is 13.5. The van der Waals surface area contributed by atoms with Gasteiger partial charge in [0.2, 0.25) is 0 Å². The molecule has 8 heteroatoms. The molecule has 1 fully saturated rings. The maximum Gasteiger partial charge on any atom is 0.293 e. The van der Waals surface area contributed by atoms with Gasteiger partial charge in [0.1, 0.15) is 5.82 Å². The summed E-state index contributed by atoms with van der Waals surface area (Å²) in [6.07, 6.45) is 1.53. The Bertz CT molecular complexity index is 879. The van der Waals surface area contributed by atoms with Gasteiger partial charge in [0.15, 0.2) is 0 Å². The van der Waals surface area contributed by atoms with Crippen molar-refractivity contribution in [2.24, 2.45) is 0 Å². The molecule has 0 radical (unpaired) electrons. The maximum atomic E-state index is 12.9. The van der Waals surface area contributed by atoms with Gasteiger partial charge in [-0.3, -0.25) is 24.6 Å². The van der Waals surface area contributed by atoms with Gasteiger partial charge < -0.3 is 0 Å². The maximum absolute atomic E-state index is 12.9. The van der Waals surface area contributed by atoms with Gasteiger partial charge in [-0.25, -0.2) is 4.39 Å². The number of hydrogen-bond acceptors (Lipinski definition) is 5. The van der Waals surface area contributed by atoms with E-state index in [0.717, 1.165) is 16.7 Å². The number of non-ortho nitro benzene ring substituents is 1. The Labute approximate surface area is 146 Å². The average molecular weight is 358 g/mol. The predicted molar refractivity (Wildman–Crippen MR) is 91.0 cm³/mol. The van der Waals surface area contributed by atoms with Crippen LogP contribution in [-0.2, 0) is 11.3 Å². The SMILES string of the molecule is O=C1S/C(=C/c2ccc(F)cc2)C(=O)N1Cc1ccc([N+](=O)[O-])cc1. The van der Waals surface area contributed by atoms with Gasteiger partial charge in [-0.05, 0) is 41.1 Å². The van der Waals surface area contributed by atoms with Gasteiger partial charge in [0.05, 0.1) is 16.4 Å². The molecule has 1 aliphatic rings. The van der Waals surface area contributed by atoms with Crippen LogP contribution < -0.4 is 0 Å². The van der Waals surface area contributed by atoms with E-state index in [1.165, 1.54) is 54.6 Å². The summed E-state index contributed by atoms with van der Waals surface area (Å²) in [5, 5.41) is 10.2. The molecule has 0 N–H and O–H groups in total. The number of hydrogen-bond donors (Lipinski definition) is 0. The lowest BCUT2D eigenvalue weighted by Gasteiger charge is -2.12. The summed E-state index contributed by atoms with van der Waals surface area (Å²) in [5.74, 6) is -0.832. The highest BCUT2D eigenvalue weighted by Gasteiger charge is 2.35. The van der Waals surface area contributed by atoms with Gasteiger partial charge in [0, 0.05) is 12.1 Å². The van der Waals surface area contributed by atoms with E-state index in [0.29, 0.717) is 11.1 Å². The van der Waals surface area contributed by atoms with Crippen molar-refractivity contribution in [3.63, 3.8) is 0 Å². The smallest absolute Gasteiger partial charge is 0.268 e. The van der Waals surface area contributed by atoms with Crippen LogP contribution in [0, 0.1) is 15.9 Å². The molecule has 2 amide bonds. The number of nitro benzene ring substituents is 1. The number of nitrogens with zero attached hydrogens (tertiary/aromatic N) is 2. The Hall–Kier alpha value is -3.00. The van der Waals surface area contributed by atoms with Crippen LogP contribution in [0.1, 0.15) is 11.1 Å². The van der Waals surface area contributed by atoms with Crippen molar-refractivity contribution in [2.75, 3.05) is 0 Å². The lowest BCUT2D eigenvalue weighted by molar-refractivity contribution is -0.384. The predicted octanol–water partition coefficient (Wildman–Crippen LogP) is 3.97. The molecular weight excluding hydrogens is 347 g/mol. The molecule has 2 aromatic rings. The van der Waals surface area contributed by atoms with Crippen molar-refractivity contribution >= 4 is 34.7 Å². The molecule has 0 spiro atoms. The monoisotopic (exact) mass is 358 g/mol. The summed E-state index contributed by atoms with van der Waals surface area (Å²) < 4.78 is 12.9. The third kappa shape index (κ3) is 3.74. The molecule has 0 bridgehead atoms. The normalized spacial score (nSPS) is 15.9. The molecule has 3 rings (SSSR count). The standard InChI is InChI=1S/C17H11FN2O4S/c18-13-5-1-11(2-6-13)9-15-16(21)19(17(22)25-15)10-12-3-7-14(8-4-12)20(23)24/h1-9H,10H2/b15-9+. The Morgan fingerprint density at radius 2 is 1.72 bits per heavy atom. The van der Waals surface area contributed by atoms with Crippen LogP contribution in [0.15, 0.2) is 53.4 Å². The Balaban J connectivity index is 1.77. The first-order valence-corrected chi connectivity index (χ1v) is 8.00. The van der Waals surface area contributed by atoms with Crippen LogP contribution in [0.4, 0.5) is 14.9 Å². The Morgan fingerprint density at radius 3 is 2.32 bits per heavy atom. The minimum Gasteiger partial charge on any atom is -0.268 e. The van der Waals surface area contributed by atoms with E-state index < -0.39 is 16.1 Å². The summed E-state index contributed by atoms with van der Waals surface area (Å²) in [7, 11) is 0. The summed E-state index contributed by atoms with van der Waals surface area (Å²) in [4.78, 5) is 35.9. The number of imide groups is 1. The molecule has 0 saturated carbocycles. The van der Waals surface area contributed by atoms with E-state index in [2.05, 4.69) is 0 Å². The Kier molecular flexibility index (Phi) is 4.62. The van der Waals surface area contributed by atoms with Gasteiger partial charge in [-0.1, -0.05) is 24.3 Å². The fourth-order valence-electron chi connectivity index (χ4n) is 2.25. The fourth-order valence-corrected chi connectivity index (χ4v) is 3.09. The quantitative estimate of drug-likeness (QED) is 0.469. The van der Waals surface area contributed by atoms with Crippen LogP contribution in [0.2, 0.25) is 0 Å². The molecule has 1 aliphatic heterocycles. The van der Waals surface area contributed by atoms with Gasteiger partial charge >= 0.3 is 0 Å². The molecule has 0 unspecified atom stereocenters. The highest BCUT2D eigenvalue weighted by Crippen LogP contribution is 2.33. The van der Waals surface area contributed by atoms with Crippen LogP contribution in [0.5, 0.6) is 0 Å². The van der Waals surface area contributed by atoms with E-state index in [4.69, 9.17) is 0 Å². The molecule has 25 heavy (non-hydrogen) atoms. The number of amides is 2. The second kappa shape index (κ2) is 6.86. The van der Waals surface area contributed by atoms with Crippen molar-refractivity contribution in [1.82, 2.24) is 4.90 Å². The number of carbonyl (C=O) groups is 2. The molecular formula is C17H11FN2O4S. The zero-order valence-electron chi connectivity index (χ0n) is 12.7. The molecule has 0 aromatic heterocycles. The molecule has 1 saturated heterocycles. The average Bonchev–Trinajstić information content (AvgIpc) is 2.85. The van der Waals surface area contributed by atoms with Crippen LogP contribution in [-0.4, -0.2) is 21.0 Å².